The third-order valence-electron chi connectivity index (χ3n) is 4.20. The minimum Gasteiger partial charge on any atom is -0.456 e. The Labute approximate surface area is 201 Å². The molecule has 2 atom stereocenters. The van der Waals surface area contributed by atoms with E-state index >= 15 is 0 Å². The van der Waals surface area contributed by atoms with Crippen LogP contribution < -0.4 is 5.32 Å². The van der Waals surface area contributed by atoms with Crippen molar-refractivity contribution in [2.75, 3.05) is 0 Å². The Morgan fingerprint density at radius 3 is 1.97 bits per heavy atom. The van der Waals surface area contributed by atoms with Crippen molar-refractivity contribution in [1.29, 1.82) is 5.26 Å². The summed E-state index contributed by atoms with van der Waals surface area (Å²) in [5.74, 6) is -1.22. The molecule has 1 aromatic rings. The first kappa shape index (κ1) is 28.8. The molecule has 0 saturated heterocycles. The number of ether oxygens (including phenoxy) is 4. The van der Waals surface area contributed by atoms with Gasteiger partial charge in [0, 0.05) is 0 Å². The van der Waals surface area contributed by atoms with Crippen molar-refractivity contribution in [2.24, 2.45) is 5.92 Å². The van der Waals surface area contributed by atoms with Crippen LogP contribution in [0.25, 0.3) is 0 Å². The van der Waals surface area contributed by atoms with Crippen molar-refractivity contribution < 1.29 is 33.3 Å². The Kier molecular flexibility index (Phi) is 9.92. The Balaban J connectivity index is 3.31. The van der Waals surface area contributed by atoms with E-state index in [2.05, 4.69) is 5.32 Å². The molecule has 34 heavy (non-hydrogen) atoms. The number of alkyl carbamates (subject to hydrolysis) is 1. The molecule has 0 fully saturated rings. The van der Waals surface area contributed by atoms with Crippen molar-refractivity contribution in [3.8, 4) is 6.07 Å². The molecule has 1 amide bonds. The summed E-state index contributed by atoms with van der Waals surface area (Å²) >= 11 is 0. The van der Waals surface area contributed by atoms with Crippen LogP contribution in [0, 0.1) is 17.2 Å². The second-order valence-electron chi connectivity index (χ2n) is 10.3. The van der Waals surface area contributed by atoms with Crippen molar-refractivity contribution in [2.45, 2.75) is 91.3 Å². The first-order valence-corrected chi connectivity index (χ1v) is 11.1. The predicted molar refractivity (Wildman–Crippen MR) is 125 cm³/mol. The molecule has 9 nitrogen and oxygen atoms in total. The number of nitrogens with zero attached hydrogens (tertiary/aromatic N) is 1. The van der Waals surface area contributed by atoms with Gasteiger partial charge in [0.1, 0.15) is 23.9 Å². The minimum absolute atomic E-state index is 0.0981. The fourth-order valence-electron chi connectivity index (χ4n) is 2.88. The number of amides is 1. The molecule has 0 unspecified atom stereocenters. The highest BCUT2D eigenvalue weighted by Crippen LogP contribution is 2.27. The van der Waals surface area contributed by atoms with Crippen molar-refractivity contribution >= 4 is 18.2 Å². The second-order valence-corrected chi connectivity index (χ2v) is 10.3. The quantitative estimate of drug-likeness (QED) is 0.416. The van der Waals surface area contributed by atoms with Gasteiger partial charge in [-0.1, -0.05) is 44.2 Å². The minimum atomic E-state index is -2.51. The molecule has 1 rings (SSSR count). The van der Waals surface area contributed by atoms with E-state index in [-0.39, 0.29) is 18.9 Å². The lowest BCUT2D eigenvalue weighted by atomic mass is 9.88. The molecule has 0 spiro atoms. The van der Waals surface area contributed by atoms with Crippen LogP contribution in [-0.2, 0) is 30.3 Å². The maximum atomic E-state index is 13.2. The van der Waals surface area contributed by atoms with Crippen molar-refractivity contribution in [3.63, 3.8) is 0 Å². The van der Waals surface area contributed by atoms with E-state index < -0.39 is 41.1 Å². The number of hydrogen-bond donors (Lipinski definition) is 1. The van der Waals surface area contributed by atoms with Gasteiger partial charge in [-0.2, -0.15) is 5.26 Å². The highest BCUT2D eigenvalue weighted by Gasteiger charge is 2.54. The highest BCUT2D eigenvalue weighted by molar-refractivity contribution is 5.88. The van der Waals surface area contributed by atoms with Crippen LogP contribution in [0.15, 0.2) is 30.3 Å². The van der Waals surface area contributed by atoms with Gasteiger partial charge in [0.25, 0.3) is 0 Å². The van der Waals surface area contributed by atoms with Crippen LogP contribution in [0.1, 0.15) is 67.4 Å². The molecule has 9 heteroatoms. The van der Waals surface area contributed by atoms with E-state index in [0.717, 1.165) is 0 Å². The molecule has 0 saturated carbocycles. The summed E-state index contributed by atoms with van der Waals surface area (Å²) in [7, 11) is 0. The number of nitriles is 1. The normalized spacial score (nSPS) is 14.2. The molecule has 188 valence electrons. The predicted octanol–water partition coefficient (Wildman–Crippen LogP) is 4.88. The summed E-state index contributed by atoms with van der Waals surface area (Å²) in [6.45, 7) is 13.4. The zero-order chi connectivity index (χ0) is 26.2. The molecule has 0 aliphatic carbocycles. The molecule has 0 aromatic heterocycles. The van der Waals surface area contributed by atoms with Gasteiger partial charge in [-0.3, -0.25) is 0 Å². The molecule has 0 aliphatic heterocycles. The Morgan fingerprint density at radius 1 is 0.941 bits per heavy atom. The van der Waals surface area contributed by atoms with E-state index in [0.29, 0.717) is 5.56 Å². The van der Waals surface area contributed by atoms with Crippen LogP contribution >= 0.6 is 0 Å². The topological polar surface area (TPSA) is 124 Å². The summed E-state index contributed by atoms with van der Waals surface area (Å²) in [4.78, 5) is 38.4. The molecular formula is C25H36N2O7. The van der Waals surface area contributed by atoms with Gasteiger partial charge >= 0.3 is 23.8 Å². The molecule has 1 aromatic carbocycles. The van der Waals surface area contributed by atoms with Crippen LogP contribution in [0.2, 0.25) is 0 Å². The lowest BCUT2D eigenvalue weighted by molar-refractivity contribution is -0.176. The van der Waals surface area contributed by atoms with Crippen molar-refractivity contribution in [1.82, 2.24) is 5.32 Å². The number of esters is 1. The van der Waals surface area contributed by atoms with Crippen LogP contribution in [-0.4, -0.2) is 41.1 Å². The maximum absolute atomic E-state index is 13.2. The monoisotopic (exact) mass is 476 g/mol. The van der Waals surface area contributed by atoms with Crippen LogP contribution in [0.3, 0.4) is 0 Å². The lowest BCUT2D eigenvalue weighted by Crippen LogP contribution is -2.61. The highest BCUT2D eigenvalue weighted by atomic mass is 16.7. The number of hydrogen-bond acceptors (Lipinski definition) is 8. The van der Waals surface area contributed by atoms with E-state index in [4.69, 9.17) is 18.9 Å². The zero-order valence-corrected chi connectivity index (χ0v) is 21.3. The SMILES string of the molecule is CC(C)C[C@@H](NC(=O)OC(C)(C)C)[C@](C#N)(OC(=O)OCc1ccccc1)C(=O)OC(C)(C)C. The van der Waals surface area contributed by atoms with Crippen LogP contribution in [0.5, 0.6) is 0 Å². The third-order valence-corrected chi connectivity index (χ3v) is 4.20. The fourth-order valence-corrected chi connectivity index (χ4v) is 2.88. The average Bonchev–Trinajstić information content (AvgIpc) is 2.67. The summed E-state index contributed by atoms with van der Waals surface area (Å²) in [5.41, 5.74) is -3.65. The fraction of sp³-hybridized carbons (Fsp3) is 0.600. The summed E-state index contributed by atoms with van der Waals surface area (Å²) in [5, 5.41) is 12.7. The largest absolute Gasteiger partial charge is 0.510 e. The molecular weight excluding hydrogens is 440 g/mol. The number of carbonyl (C=O) groups is 3. The molecule has 0 radical (unpaired) electrons. The molecule has 0 aliphatic rings. The molecule has 0 bridgehead atoms. The average molecular weight is 477 g/mol. The van der Waals surface area contributed by atoms with E-state index in [9.17, 15) is 19.6 Å². The summed E-state index contributed by atoms with van der Waals surface area (Å²) < 4.78 is 21.2. The van der Waals surface area contributed by atoms with E-state index in [1.807, 2.05) is 19.9 Å². The van der Waals surface area contributed by atoms with Crippen LogP contribution in [0.4, 0.5) is 9.59 Å². The van der Waals surface area contributed by atoms with Gasteiger partial charge in [-0.25, -0.2) is 14.4 Å². The number of rotatable bonds is 8. The summed E-state index contributed by atoms with van der Waals surface area (Å²) in [6.07, 6.45) is -2.02. The number of carbonyl (C=O) groups excluding carboxylic acids is 3. The Bertz CT molecular complexity index is 879. The third kappa shape index (κ3) is 9.69. The first-order valence-electron chi connectivity index (χ1n) is 11.1. The standard InChI is InChI=1S/C25H36N2O7/c1-17(2)14-19(27-21(29)33-24(6,7)8)25(16-26,20(28)32-23(3,4)5)34-22(30)31-15-18-12-10-9-11-13-18/h9-13,17,19H,14-15H2,1-8H3,(H,27,29)/t19-,25+/m1/s1. The maximum Gasteiger partial charge on any atom is 0.510 e. The van der Waals surface area contributed by atoms with E-state index in [1.54, 1.807) is 71.9 Å². The molecule has 1 N–H and O–H groups in total. The van der Waals surface area contributed by atoms with Gasteiger partial charge < -0.3 is 24.3 Å². The molecule has 0 heterocycles. The van der Waals surface area contributed by atoms with E-state index in [1.165, 1.54) is 0 Å². The Morgan fingerprint density at radius 2 is 1.50 bits per heavy atom. The van der Waals surface area contributed by atoms with Crippen molar-refractivity contribution in [3.05, 3.63) is 35.9 Å². The van der Waals surface area contributed by atoms with Gasteiger partial charge in [-0.15, -0.1) is 0 Å². The second kappa shape index (κ2) is 11.7. The summed E-state index contributed by atoms with van der Waals surface area (Å²) in [6, 6.07) is 9.33. The smallest absolute Gasteiger partial charge is 0.456 e. The van der Waals surface area contributed by atoms with Gasteiger partial charge in [-0.05, 0) is 59.4 Å². The number of benzene rings is 1. The zero-order valence-electron chi connectivity index (χ0n) is 21.3. The van der Waals surface area contributed by atoms with Gasteiger partial charge in [0.15, 0.2) is 0 Å². The van der Waals surface area contributed by atoms with Gasteiger partial charge in [0.05, 0.1) is 6.04 Å². The number of nitrogens with one attached hydrogen (secondary N) is 1. The van der Waals surface area contributed by atoms with Gasteiger partial charge in [0.2, 0.25) is 0 Å². The Hall–Kier alpha value is -3.28. The lowest BCUT2D eigenvalue weighted by Gasteiger charge is -2.35. The first-order chi connectivity index (χ1) is 15.6.